The summed E-state index contributed by atoms with van der Waals surface area (Å²) in [6.45, 7) is 5.00. The van der Waals surface area contributed by atoms with Crippen LogP contribution in [0.2, 0.25) is 0 Å². The molecule has 0 aliphatic carbocycles. The minimum absolute atomic E-state index is 0.0631. The zero-order valence-electron chi connectivity index (χ0n) is 13.4. The lowest BCUT2D eigenvalue weighted by Gasteiger charge is -2.35. The van der Waals surface area contributed by atoms with Crippen molar-refractivity contribution < 1.29 is 14.6 Å². The zero-order valence-corrected chi connectivity index (χ0v) is 13.4. The fourth-order valence-electron chi connectivity index (χ4n) is 2.82. The highest BCUT2D eigenvalue weighted by Gasteiger charge is 2.24. The van der Waals surface area contributed by atoms with Gasteiger partial charge in [0.25, 0.3) is 5.69 Å². The second-order valence-electron chi connectivity index (χ2n) is 5.74. The number of nitro benzene ring substituents is 1. The number of rotatable bonds is 5. The van der Waals surface area contributed by atoms with Crippen molar-refractivity contribution in [3.05, 3.63) is 45.6 Å². The Bertz CT molecular complexity index is 724. The standard InChI is InChI=1S/C15H19N5O4/c1-11-16-15(24-17-11)9-18-4-6-19(7-5-18)14-8-12(10-21)2-3-13(14)20(22)23/h2-3,8,21H,4-7,9-10H2,1H3. The summed E-state index contributed by atoms with van der Waals surface area (Å²) < 4.78 is 5.13. The van der Waals surface area contributed by atoms with Crippen molar-refractivity contribution >= 4 is 11.4 Å². The maximum atomic E-state index is 11.3. The number of aromatic nitrogens is 2. The van der Waals surface area contributed by atoms with Crippen molar-refractivity contribution in [3.63, 3.8) is 0 Å². The number of nitro groups is 1. The Kier molecular flexibility index (Phi) is 4.72. The number of hydrogen-bond acceptors (Lipinski definition) is 8. The number of anilines is 1. The van der Waals surface area contributed by atoms with Gasteiger partial charge in [0, 0.05) is 32.2 Å². The van der Waals surface area contributed by atoms with Gasteiger partial charge >= 0.3 is 0 Å². The summed E-state index contributed by atoms with van der Waals surface area (Å²) in [5, 5.41) is 24.3. The lowest BCUT2D eigenvalue weighted by atomic mass is 10.1. The van der Waals surface area contributed by atoms with Crippen molar-refractivity contribution in [2.45, 2.75) is 20.1 Å². The Labute approximate surface area is 138 Å². The number of aliphatic hydroxyl groups is 1. The van der Waals surface area contributed by atoms with Crippen LogP contribution in [0.3, 0.4) is 0 Å². The molecule has 9 heteroatoms. The van der Waals surface area contributed by atoms with Gasteiger partial charge < -0.3 is 14.5 Å². The molecule has 0 unspecified atom stereocenters. The van der Waals surface area contributed by atoms with E-state index in [2.05, 4.69) is 15.0 Å². The summed E-state index contributed by atoms with van der Waals surface area (Å²) in [5.74, 6) is 1.19. The quantitative estimate of drug-likeness (QED) is 0.640. The van der Waals surface area contributed by atoms with Gasteiger partial charge in [0.05, 0.1) is 18.1 Å². The smallest absolute Gasteiger partial charge is 0.292 e. The second kappa shape index (κ2) is 6.93. The Hall–Kier alpha value is -2.52. The Morgan fingerprint density at radius 3 is 2.67 bits per heavy atom. The van der Waals surface area contributed by atoms with Crippen molar-refractivity contribution in [2.24, 2.45) is 0 Å². The van der Waals surface area contributed by atoms with Gasteiger partial charge in [-0.3, -0.25) is 15.0 Å². The molecule has 9 nitrogen and oxygen atoms in total. The fourth-order valence-corrected chi connectivity index (χ4v) is 2.82. The molecule has 0 bridgehead atoms. The fraction of sp³-hybridized carbons (Fsp3) is 0.467. The van der Waals surface area contributed by atoms with Gasteiger partial charge in [0.1, 0.15) is 5.69 Å². The molecule has 2 aromatic rings. The predicted molar refractivity (Wildman–Crippen MR) is 85.5 cm³/mol. The highest BCUT2D eigenvalue weighted by atomic mass is 16.6. The molecule has 2 heterocycles. The molecule has 1 N–H and O–H groups in total. The van der Waals surface area contributed by atoms with Crippen LogP contribution in [0.1, 0.15) is 17.3 Å². The minimum Gasteiger partial charge on any atom is -0.392 e. The van der Waals surface area contributed by atoms with Gasteiger partial charge in [-0.1, -0.05) is 5.16 Å². The second-order valence-corrected chi connectivity index (χ2v) is 5.74. The summed E-state index contributed by atoms with van der Waals surface area (Å²) in [7, 11) is 0. The third-order valence-corrected chi connectivity index (χ3v) is 4.06. The Balaban J connectivity index is 1.69. The molecule has 1 aromatic heterocycles. The third kappa shape index (κ3) is 3.52. The first-order valence-electron chi connectivity index (χ1n) is 7.71. The highest BCUT2D eigenvalue weighted by molar-refractivity contribution is 5.64. The van der Waals surface area contributed by atoms with Crippen LogP contribution in [0.15, 0.2) is 22.7 Å². The van der Waals surface area contributed by atoms with E-state index in [1.54, 1.807) is 19.1 Å². The molecular weight excluding hydrogens is 314 g/mol. The number of aliphatic hydroxyl groups excluding tert-OH is 1. The van der Waals surface area contributed by atoms with E-state index in [4.69, 9.17) is 4.52 Å². The molecule has 1 aliphatic rings. The van der Waals surface area contributed by atoms with E-state index in [0.29, 0.717) is 42.6 Å². The largest absolute Gasteiger partial charge is 0.392 e. The summed E-state index contributed by atoms with van der Waals surface area (Å²) >= 11 is 0. The molecule has 1 aliphatic heterocycles. The van der Waals surface area contributed by atoms with E-state index in [0.717, 1.165) is 13.1 Å². The van der Waals surface area contributed by atoms with Crippen LogP contribution in [0.5, 0.6) is 0 Å². The van der Waals surface area contributed by atoms with Gasteiger partial charge in [-0.05, 0) is 24.6 Å². The Morgan fingerprint density at radius 2 is 2.08 bits per heavy atom. The third-order valence-electron chi connectivity index (χ3n) is 4.06. The topological polar surface area (TPSA) is 109 Å². The molecule has 24 heavy (non-hydrogen) atoms. The van der Waals surface area contributed by atoms with Crippen LogP contribution >= 0.6 is 0 Å². The summed E-state index contributed by atoms with van der Waals surface area (Å²) in [6.07, 6.45) is 0. The van der Waals surface area contributed by atoms with E-state index >= 15 is 0 Å². The predicted octanol–water partition coefficient (Wildman–Crippen LogP) is 1.10. The van der Waals surface area contributed by atoms with Gasteiger partial charge in [0.15, 0.2) is 5.82 Å². The molecular formula is C15H19N5O4. The molecule has 0 saturated carbocycles. The maximum Gasteiger partial charge on any atom is 0.292 e. The van der Waals surface area contributed by atoms with Crippen molar-refractivity contribution in [1.29, 1.82) is 0 Å². The molecule has 0 spiro atoms. The summed E-state index contributed by atoms with van der Waals surface area (Å²) in [6, 6.07) is 4.72. The van der Waals surface area contributed by atoms with E-state index in [1.807, 2.05) is 4.90 Å². The van der Waals surface area contributed by atoms with Gasteiger partial charge in [-0.15, -0.1) is 0 Å². The summed E-state index contributed by atoms with van der Waals surface area (Å²) in [4.78, 5) is 19.2. The number of piperazine rings is 1. The lowest BCUT2D eigenvalue weighted by Crippen LogP contribution is -2.46. The summed E-state index contributed by atoms with van der Waals surface area (Å²) in [5.41, 5.74) is 1.28. The molecule has 1 fully saturated rings. The monoisotopic (exact) mass is 333 g/mol. The van der Waals surface area contributed by atoms with Crippen molar-refractivity contribution in [3.8, 4) is 0 Å². The normalized spacial score (nSPS) is 15.7. The van der Waals surface area contributed by atoms with E-state index in [-0.39, 0.29) is 17.2 Å². The zero-order chi connectivity index (χ0) is 17.1. The van der Waals surface area contributed by atoms with Crippen LogP contribution in [0.25, 0.3) is 0 Å². The van der Waals surface area contributed by atoms with E-state index in [1.165, 1.54) is 6.07 Å². The average Bonchev–Trinajstić information content (AvgIpc) is 2.99. The van der Waals surface area contributed by atoms with E-state index in [9.17, 15) is 15.2 Å². The minimum atomic E-state index is -0.385. The number of aryl methyl sites for hydroxylation is 1. The maximum absolute atomic E-state index is 11.3. The average molecular weight is 333 g/mol. The molecule has 0 radical (unpaired) electrons. The van der Waals surface area contributed by atoms with Crippen molar-refractivity contribution in [2.75, 3.05) is 31.1 Å². The van der Waals surface area contributed by atoms with Crippen LogP contribution in [-0.4, -0.2) is 51.2 Å². The lowest BCUT2D eigenvalue weighted by molar-refractivity contribution is -0.384. The molecule has 1 saturated heterocycles. The molecule has 1 aromatic carbocycles. The SMILES string of the molecule is Cc1noc(CN2CCN(c3cc(CO)ccc3[N+](=O)[O-])CC2)n1. The van der Waals surface area contributed by atoms with Crippen LogP contribution in [0, 0.1) is 17.0 Å². The first-order chi connectivity index (χ1) is 11.6. The molecule has 0 atom stereocenters. The molecule has 3 rings (SSSR count). The van der Waals surface area contributed by atoms with Crippen LogP contribution in [-0.2, 0) is 13.2 Å². The van der Waals surface area contributed by atoms with Crippen LogP contribution in [0.4, 0.5) is 11.4 Å². The molecule has 128 valence electrons. The van der Waals surface area contributed by atoms with Gasteiger partial charge in [-0.2, -0.15) is 4.98 Å². The van der Waals surface area contributed by atoms with Gasteiger partial charge in [0.2, 0.25) is 5.89 Å². The number of hydrogen-bond donors (Lipinski definition) is 1. The van der Waals surface area contributed by atoms with E-state index < -0.39 is 0 Å². The highest BCUT2D eigenvalue weighted by Crippen LogP contribution is 2.30. The van der Waals surface area contributed by atoms with Crippen LogP contribution < -0.4 is 4.90 Å². The Morgan fingerprint density at radius 1 is 1.33 bits per heavy atom. The first-order valence-corrected chi connectivity index (χ1v) is 7.71. The first kappa shape index (κ1) is 16.3. The molecule has 0 amide bonds. The number of nitrogens with zero attached hydrogens (tertiary/aromatic N) is 5. The van der Waals surface area contributed by atoms with Gasteiger partial charge in [-0.25, -0.2) is 0 Å². The van der Waals surface area contributed by atoms with Crippen molar-refractivity contribution in [1.82, 2.24) is 15.0 Å². The number of benzene rings is 1.